The second kappa shape index (κ2) is 4.63. The Kier molecular flexibility index (Phi) is 3.19. The van der Waals surface area contributed by atoms with Crippen LogP contribution in [0.1, 0.15) is 18.3 Å². The quantitative estimate of drug-likeness (QED) is 0.884. The monoisotopic (exact) mass is 235 g/mol. The molecule has 2 rings (SSSR count). The molecule has 0 aliphatic carbocycles. The lowest BCUT2D eigenvalue weighted by molar-refractivity contribution is 0.420. The molecule has 0 fully saturated rings. The second-order valence-electron chi connectivity index (χ2n) is 4.16. The van der Waals surface area contributed by atoms with Crippen molar-refractivity contribution in [1.82, 2.24) is 10.1 Å². The standard InChI is InChI=1S/C12H14FN3O/c1-7-5-9(3-4-10(7)13)12-15-11(16-17-12)6-8(2)14/h3-5,8H,6,14H2,1-2H3. The summed E-state index contributed by atoms with van der Waals surface area (Å²) in [4.78, 5) is 4.21. The molecule has 1 unspecified atom stereocenters. The minimum Gasteiger partial charge on any atom is -0.334 e. The number of hydrogen-bond donors (Lipinski definition) is 1. The molecule has 1 aromatic heterocycles. The highest BCUT2D eigenvalue weighted by Gasteiger charge is 2.11. The average Bonchev–Trinajstić information content (AvgIpc) is 2.69. The molecule has 1 atom stereocenters. The Morgan fingerprint density at radius 1 is 1.47 bits per heavy atom. The average molecular weight is 235 g/mol. The van der Waals surface area contributed by atoms with Crippen LogP contribution in [0.25, 0.3) is 11.5 Å². The molecule has 17 heavy (non-hydrogen) atoms. The largest absolute Gasteiger partial charge is 0.334 e. The molecule has 4 nitrogen and oxygen atoms in total. The predicted molar refractivity (Wildman–Crippen MR) is 61.8 cm³/mol. The highest BCUT2D eigenvalue weighted by Crippen LogP contribution is 2.20. The van der Waals surface area contributed by atoms with Gasteiger partial charge in [0.15, 0.2) is 5.82 Å². The molecular formula is C12H14FN3O. The van der Waals surface area contributed by atoms with Gasteiger partial charge in [0, 0.05) is 18.0 Å². The summed E-state index contributed by atoms with van der Waals surface area (Å²) in [6, 6.07) is 4.67. The van der Waals surface area contributed by atoms with Gasteiger partial charge in [-0.05, 0) is 37.6 Å². The summed E-state index contributed by atoms with van der Waals surface area (Å²) in [5, 5.41) is 3.82. The molecule has 90 valence electrons. The summed E-state index contributed by atoms with van der Waals surface area (Å²) in [6.45, 7) is 3.57. The van der Waals surface area contributed by atoms with Gasteiger partial charge >= 0.3 is 0 Å². The van der Waals surface area contributed by atoms with Crippen LogP contribution >= 0.6 is 0 Å². The van der Waals surface area contributed by atoms with Crippen molar-refractivity contribution in [1.29, 1.82) is 0 Å². The first-order valence-electron chi connectivity index (χ1n) is 5.41. The van der Waals surface area contributed by atoms with Gasteiger partial charge in [-0.1, -0.05) is 5.16 Å². The van der Waals surface area contributed by atoms with E-state index in [1.54, 1.807) is 19.1 Å². The number of benzene rings is 1. The second-order valence-corrected chi connectivity index (χ2v) is 4.16. The first-order valence-corrected chi connectivity index (χ1v) is 5.41. The van der Waals surface area contributed by atoms with E-state index < -0.39 is 0 Å². The van der Waals surface area contributed by atoms with Gasteiger partial charge in [-0.3, -0.25) is 0 Å². The summed E-state index contributed by atoms with van der Waals surface area (Å²) in [6.07, 6.45) is 0.559. The molecule has 2 aromatic rings. The lowest BCUT2D eigenvalue weighted by Crippen LogP contribution is -2.18. The number of aromatic nitrogens is 2. The van der Waals surface area contributed by atoms with Crippen molar-refractivity contribution in [2.45, 2.75) is 26.3 Å². The maximum atomic E-state index is 13.1. The van der Waals surface area contributed by atoms with Gasteiger partial charge in [0.2, 0.25) is 0 Å². The minimum atomic E-state index is -0.246. The fraction of sp³-hybridized carbons (Fsp3) is 0.333. The summed E-state index contributed by atoms with van der Waals surface area (Å²) in [5.74, 6) is 0.713. The van der Waals surface area contributed by atoms with Crippen LogP contribution in [0.5, 0.6) is 0 Å². The van der Waals surface area contributed by atoms with Gasteiger partial charge in [-0.25, -0.2) is 4.39 Å². The van der Waals surface area contributed by atoms with Crippen molar-refractivity contribution in [3.63, 3.8) is 0 Å². The summed E-state index contributed by atoms with van der Waals surface area (Å²) < 4.78 is 18.2. The third-order valence-corrected chi connectivity index (χ3v) is 2.38. The molecular weight excluding hydrogens is 221 g/mol. The van der Waals surface area contributed by atoms with E-state index in [9.17, 15) is 4.39 Å². The maximum Gasteiger partial charge on any atom is 0.257 e. The van der Waals surface area contributed by atoms with Crippen LogP contribution in [0.15, 0.2) is 22.7 Å². The Labute approximate surface area is 98.6 Å². The molecule has 0 aliphatic rings. The van der Waals surface area contributed by atoms with Crippen molar-refractivity contribution in [2.75, 3.05) is 0 Å². The van der Waals surface area contributed by atoms with Crippen LogP contribution in [-0.2, 0) is 6.42 Å². The first-order chi connectivity index (χ1) is 8.06. The lowest BCUT2D eigenvalue weighted by atomic mass is 10.1. The van der Waals surface area contributed by atoms with Crippen LogP contribution in [0.4, 0.5) is 4.39 Å². The van der Waals surface area contributed by atoms with E-state index in [0.29, 0.717) is 29.3 Å². The molecule has 1 heterocycles. The van der Waals surface area contributed by atoms with Crippen molar-refractivity contribution in [3.05, 3.63) is 35.4 Å². The van der Waals surface area contributed by atoms with Crippen LogP contribution in [0.3, 0.4) is 0 Å². The van der Waals surface area contributed by atoms with E-state index in [1.807, 2.05) is 6.92 Å². The van der Waals surface area contributed by atoms with Crippen molar-refractivity contribution in [2.24, 2.45) is 5.73 Å². The first kappa shape index (κ1) is 11.7. The zero-order valence-electron chi connectivity index (χ0n) is 9.77. The Morgan fingerprint density at radius 3 is 2.88 bits per heavy atom. The highest BCUT2D eigenvalue weighted by atomic mass is 19.1. The van der Waals surface area contributed by atoms with Gasteiger partial charge < -0.3 is 10.3 Å². The third-order valence-electron chi connectivity index (χ3n) is 2.38. The molecule has 0 saturated carbocycles. The number of halogens is 1. The Morgan fingerprint density at radius 2 is 2.24 bits per heavy atom. The van der Waals surface area contributed by atoms with E-state index >= 15 is 0 Å². The van der Waals surface area contributed by atoms with Crippen molar-refractivity contribution < 1.29 is 8.91 Å². The zero-order chi connectivity index (χ0) is 12.4. The van der Waals surface area contributed by atoms with Crippen LogP contribution in [-0.4, -0.2) is 16.2 Å². The summed E-state index contributed by atoms with van der Waals surface area (Å²) >= 11 is 0. The van der Waals surface area contributed by atoms with Crippen LogP contribution < -0.4 is 5.73 Å². The topological polar surface area (TPSA) is 64.9 Å². The van der Waals surface area contributed by atoms with E-state index in [-0.39, 0.29) is 11.9 Å². The summed E-state index contributed by atoms with van der Waals surface area (Å²) in [7, 11) is 0. The number of nitrogens with zero attached hydrogens (tertiary/aromatic N) is 2. The van der Waals surface area contributed by atoms with Crippen molar-refractivity contribution in [3.8, 4) is 11.5 Å². The minimum absolute atomic E-state index is 0.0181. The Hall–Kier alpha value is -1.75. The smallest absolute Gasteiger partial charge is 0.257 e. The lowest BCUT2D eigenvalue weighted by Gasteiger charge is -1.98. The van der Waals surface area contributed by atoms with Gasteiger partial charge in [-0.2, -0.15) is 4.98 Å². The van der Waals surface area contributed by atoms with Gasteiger partial charge in [0.25, 0.3) is 5.89 Å². The van der Waals surface area contributed by atoms with Crippen molar-refractivity contribution >= 4 is 0 Å². The van der Waals surface area contributed by atoms with Crippen LogP contribution in [0.2, 0.25) is 0 Å². The fourth-order valence-corrected chi connectivity index (χ4v) is 1.52. The Balaban J connectivity index is 2.27. The molecule has 0 radical (unpaired) electrons. The SMILES string of the molecule is Cc1cc(-c2nc(CC(C)N)no2)ccc1F. The van der Waals surface area contributed by atoms with E-state index in [0.717, 1.165) is 0 Å². The normalized spacial score (nSPS) is 12.7. The van der Waals surface area contributed by atoms with Gasteiger partial charge in [-0.15, -0.1) is 0 Å². The predicted octanol–water partition coefficient (Wildman–Crippen LogP) is 2.07. The molecule has 2 N–H and O–H groups in total. The van der Waals surface area contributed by atoms with Crippen LogP contribution in [0, 0.1) is 12.7 Å². The fourth-order valence-electron chi connectivity index (χ4n) is 1.52. The van der Waals surface area contributed by atoms with E-state index in [2.05, 4.69) is 10.1 Å². The molecule has 0 spiro atoms. The molecule has 0 saturated heterocycles. The van der Waals surface area contributed by atoms with Gasteiger partial charge in [0.1, 0.15) is 5.82 Å². The Bertz CT molecular complexity index is 522. The zero-order valence-corrected chi connectivity index (χ0v) is 9.77. The number of hydrogen-bond acceptors (Lipinski definition) is 4. The molecule has 1 aromatic carbocycles. The van der Waals surface area contributed by atoms with E-state index in [1.165, 1.54) is 6.07 Å². The number of rotatable bonds is 3. The van der Waals surface area contributed by atoms with Gasteiger partial charge in [0.05, 0.1) is 0 Å². The number of aryl methyl sites for hydroxylation is 1. The molecule has 0 amide bonds. The highest BCUT2D eigenvalue weighted by molar-refractivity contribution is 5.54. The molecule has 0 aliphatic heterocycles. The molecule has 5 heteroatoms. The maximum absolute atomic E-state index is 13.1. The van der Waals surface area contributed by atoms with E-state index in [4.69, 9.17) is 10.3 Å². The summed E-state index contributed by atoms with van der Waals surface area (Å²) in [5.41, 5.74) is 6.91. The molecule has 0 bridgehead atoms. The number of nitrogens with two attached hydrogens (primary N) is 1. The third kappa shape index (κ3) is 2.68.